The lowest BCUT2D eigenvalue weighted by Gasteiger charge is -1.93. The number of nitro groups is 1. The topological polar surface area (TPSA) is 60.2 Å². The molecule has 0 amide bonds. The Morgan fingerprint density at radius 2 is 1.42 bits per heavy atom. The summed E-state index contributed by atoms with van der Waals surface area (Å²) in [5.74, 6) is 0. The van der Waals surface area contributed by atoms with Crippen molar-refractivity contribution in [2.45, 2.75) is 71.1 Å². The third kappa shape index (κ3) is 16.6. The van der Waals surface area contributed by atoms with Crippen LogP contribution < -0.4 is 0 Å². The van der Waals surface area contributed by atoms with Crippen molar-refractivity contribution in [1.29, 1.82) is 0 Å². The number of hydrogen-bond donors (Lipinski definition) is 0. The van der Waals surface area contributed by atoms with E-state index in [1.165, 1.54) is 25.7 Å². The number of allylic oxidation sites excluding steroid dienone is 9. The Labute approximate surface area is 158 Å². The zero-order valence-electron chi connectivity index (χ0n) is 16.0. The lowest BCUT2D eigenvalue weighted by Crippen LogP contribution is -1.97. The van der Waals surface area contributed by atoms with Crippen LogP contribution >= 0.6 is 0 Å². The van der Waals surface area contributed by atoms with Gasteiger partial charge in [-0.3, -0.25) is 10.1 Å². The summed E-state index contributed by atoms with van der Waals surface area (Å²) in [6.45, 7) is 2.21. The number of aldehydes is 1. The summed E-state index contributed by atoms with van der Waals surface area (Å²) in [5, 5.41) is 11.0. The molecule has 0 bridgehead atoms. The minimum atomic E-state index is -0.343. The molecule has 0 atom stereocenters. The first kappa shape index (κ1) is 23.8. The predicted molar refractivity (Wildman–Crippen MR) is 110 cm³/mol. The van der Waals surface area contributed by atoms with Crippen LogP contribution in [0.1, 0.15) is 71.1 Å². The van der Waals surface area contributed by atoms with Crippen molar-refractivity contribution in [3.05, 3.63) is 70.5 Å². The average Bonchev–Trinajstić information content (AvgIpc) is 2.63. The Morgan fingerprint density at radius 3 is 2.04 bits per heavy atom. The molecule has 0 fully saturated rings. The van der Waals surface area contributed by atoms with Crippen LogP contribution in [0.4, 0.5) is 0 Å². The Kier molecular flexibility index (Phi) is 17.5. The predicted octanol–water partition coefficient (Wildman–Crippen LogP) is 6.49. The van der Waals surface area contributed by atoms with Crippen LogP contribution in [0, 0.1) is 10.1 Å². The van der Waals surface area contributed by atoms with Crippen LogP contribution in [-0.4, -0.2) is 11.2 Å². The van der Waals surface area contributed by atoms with E-state index in [-0.39, 0.29) is 10.6 Å². The van der Waals surface area contributed by atoms with Gasteiger partial charge >= 0.3 is 0 Å². The van der Waals surface area contributed by atoms with Crippen LogP contribution in [0.25, 0.3) is 0 Å². The summed E-state index contributed by atoms with van der Waals surface area (Å²) < 4.78 is 0. The molecule has 0 heterocycles. The average molecular weight is 360 g/mol. The number of carbonyl (C=O) groups excluding carboxylic acids is 1. The Hall–Kier alpha value is -2.23. The quantitative estimate of drug-likeness (QED) is 0.104. The molecule has 0 saturated heterocycles. The molecule has 0 unspecified atom stereocenters. The number of unbranched alkanes of at least 4 members (excludes halogenated alkanes) is 4. The zero-order chi connectivity index (χ0) is 19.3. The van der Waals surface area contributed by atoms with Gasteiger partial charge in [0.2, 0.25) is 5.70 Å². The Morgan fingerprint density at radius 1 is 0.808 bits per heavy atom. The lowest BCUT2D eigenvalue weighted by molar-refractivity contribution is -0.427. The summed E-state index contributed by atoms with van der Waals surface area (Å²) in [6, 6.07) is 0. The van der Waals surface area contributed by atoms with E-state index in [4.69, 9.17) is 0 Å². The number of nitrogens with zero attached hydrogens (tertiary/aromatic N) is 1. The number of hydrogen-bond acceptors (Lipinski definition) is 3. The number of rotatable bonds is 16. The summed E-state index contributed by atoms with van der Waals surface area (Å²) in [4.78, 5) is 20.8. The molecule has 0 aliphatic rings. The third-order valence-corrected chi connectivity index (χ3v) is 3.69. The maximum atomic E-state index is 11.0. The molecule has 0 aliphatic heterocycles. The molecule has 0 aromatic heterocycles. The van der Waals surface area contributed by atoms with Gasteiger partial charge in [0.05, 0.1) is 11.3 Å². The summed E-state index contributed by atoms with van der Waals surface area (Å²) in [5.41, 5.74) is 0.195. The highest BCUT2D eigenvalue weighted by molar-refractivity contribution is 5.49. The van der Waals surface area contributed by atoms with Crippen LogP contribution in [0.3, 0.4) is 0 Å². The molecule has 0 aromatic carbocycles. The Bertz CT molecular complexity index is 513. The van der Waals surface area contributed by atoms with Crippen molar-refractivity contribution in [2.24, 2.45) is 0 Å². The second kappa shape index (κ2) is 19.1. The molecule has 0 radical (unpaired) electrons. The minimum Gasteiger partial charge on any atom is -0.303 e. The monoisotopic (exact) mass is 359 g/mol. The van der Waals surface area contributed by atoms with Crippen molar-refractivity contribution in [1.82, 2.24) is 0 Å². The van der Waals surface area contributed by atoms with Crippen LogP contribution in [0.5, 0.6) is 0 Å². The van der Waals surface area contributed by atoms with Crippen LogP contribution in [-0.2, 0) is 4.79 Å². The van der Waals surface area contributed by atoms with Crippen molar-refractivity contribution < 1.29 is 9.72 Å². The van der Waals surface area contributed by atoms with E-state index in [2.05, 4.69) is 31.2 Å². The standard InChI is InChI=1S/C22H33NO3/c1-2-3-4-5-6-7-8-9-10-11-12-13-16-19-22(23(25)26)20-17-14-15-18-21-24/h6-7,9-10,12-14,17,19,21H,2-5,8,11,15-16,18,20H2,1H3/b7-6+,10-9+,13-12+,17-14+,22-19-. The largest absolute Gasteiger partial charge is 0.303 e. The van der Waals surface area contributed by atoms with E-state index in [9.17, 15) is 14.9 Å². The summed E-state index contributed by atoms with van der Waals surface area (Å²) in [6.07, 6.45) is 27.5. The molecule has 0 aromatic rings. The fraction of sp³-hybridized carbons (Fsp3) is 0.500. The first-order chi connectivity index (χ1) is 12.7. The molecule has 0 spiro atoms. The van der Waals surface area contributed by atoms with Crippen molar-refractivity contribution >= 4 is 6.29 Å². The molecule has 0 aliphatic carbocycles. The SMILES string of the molecule is CCCCC/C=C/C/C=C/C/C=C/C/C=C(/C/C=C/CCC=O)[N+](=O)[O-]. The molecular weight excluding hydrogens is 326 g/mol. The van der Waals surface area contributed by atoms with Gasteiger partial charge in [0, 0.05) is 6.42 Å². The van der Waals surface area contributed by atoms with Gasteiger partial charge in [0.1, 0.15) is 6.29 Å². The van der Waals surface area contributed by atoms with Gasteiger partial charge in [-0.25, -0.2) is 0 Å². The lowest BCUT2D eigenvalue weighted by atomic mass is 10.2. The van der Waals surface area contributed by atoms with Crippen molar-refractivity contribution in [2.75, 3.05) is 0 Å². The fourth-order valence-corrected chi connectivity index (χ4v) is 2.19. The van der Waals surface area contributed by atoms with Gasteiger partial charge in [-0.15, -0.1) is 0 Å². The van der Waals surface area contributed by atoms with Crippen LogP contribution in [0.15, 0.2) is 60.4 Å². The molecule has 26 heavy (non-hydrogen) atoms. The van der Waals surface area contributed by atoms with Gasteiger partial charge in [-0.05, 0) is 44.6 Å². The van der Waals surface area contributed by atoms with E-state index < -0.39 is 0 Å². The maximum absolute atomic E-state index is 11.0. The molecule has 0 rings (SSSR count). The second-order valence-electron chi connectivity index (χ2n) is 5.99. The fourth-order valence-electron chi connectivity index (χ4n) is 2.19. The normalized spacial score (nSPS) is 12.9. The van der Waals surface area contributed by atoms with E-state index in [1.54, 1.807) is 12.2 Å². The third-order valence-electron chi connectivity index (χ3n) is 3.69. The maximum Gasteiger partial charge on any atom is 0.246 e. The first-order valence-corrected chi connectivity index (χ1v) is 9.59. The molecular formula is C22H33NO3. The molecule has 0 N–H and O–H groups in total. The summed E-state index contributed by atoms with van der Waals surface area (Å²) >= 11 is 0. The molecule has 4 heteroatoms. The molecule has 144 valence electrons. The van der Waals surface area contributed by atoms with Crippen molar-refractivity contribution in [3.8, 4) is 0 Å². The Balaban J connectivity index is 3.96. The molecule has 0 saturated carbocycles. The number of carbonyl (C=O) groups is 1. The van der Waals surface area contributed by atoms with Gasteiger partial charge in [-0.2, -0.15) is 0 Å². The highest BCUT2D eigenvalue weighted by Gasteiger charge is 2.06. The van der Waals surface area contributed by atoms with E-state index >= 15 is 0 Å². The van der Waals surface area contributed by atoms with E-state index in [0.29, 0.717) is 25.7 Å². The highest BCUT2D eigenvalue weighted by atomic mass is 16.6. The van der Waals surface area contributed by atoms with Gasteiger partial charge in [0.15, 0.2) is 0 Å². The highest BCUT2D eigenvalue weighted by Crippen LogP contribution is 2.07. The van der Waals surface area contributed by atoms with Crippen LogP contribution in [0.2, 0.25) is 0 Å². The minimum absolute atomic E-state index is 0.195. The van der Waals surface area contributed by atoms with E-state index in [1.807, 2.05) is 18.2 Å². The van der Waals surface area contributed by atoms with E-state index in [0.717, 1.165) is 19.1 Å². The second-order valence-corrected chi connectivity index (χ2v) is 5.99. The first-order valence-electron chi connectivity index (χ1n) is 9.59. The van der Waals surface area contributed by atoms with Gasteiger partial charge in [0.25, 0.3) is 0 Å². The smallest absolute Gasteiger partial charge is 0.246 e. The van der Waals surface area contributed by atoms with Gasteiger partial charge in [-0.1, -0.05) is 68.4 Å². The summed E-state index contributed by atoms with van der Waals surface area (Å²) in [7, 11) is 0. The van der Waals surface area contributed by atoms with Gasteiger partial charge < -0.3 is 4.79 Å². The van der Waals surface area contributed by atoms with Crippen molar-refractivity contribution in [3.63, 3.8) is 0 Å². The molecule has 4 nitrogen and oxygen atoms in total. The zero-order valence-corrected chi connectivity index (χ0v) is 16.0.